The van der Waals surface area contributed by atoms with Crippen LogP contribution in [-0.4, -0.2) is 25.5 Å². The first-order valence-electron chi connectivity index (χ1n) is 10.9. The Morgan fingerprint density at radius 1 is 0.833 bits per heavy atom. The molecule has 0 bridgehead atoms. The molecular formula is C28H42N2. The van der Waals surface area contributed by atoms with E-state index in [4.69, 9.17) is 0 Å². The molecule has 0 radical (unpaired) electrons. The predicted octanol–water partition coefficient (Wildman–Crippen LogP) is 7.87. The molecule has 30 heavy (non-hydrogen) atoms. The Hall–Kier alpha value is -2.22. The first-order chi connectivity index (χ1) is 13.8. The summed E-state index contributed by atoms with van der Waals surface area (Å²) in [4.78, 5) is 9.31. The van der Waals surface area contributed by atoms with Gasteiger partial charge in [0.05, 0.1) is 11.4 Å². The molecule has 1 rings (SSSR count). The summed E-state index contributed by atoms with van der Waals surface area (Å²) in [7, 11) is 3.72. The van der Waals surface area contributed by atoms with Crippen LogP contribution in [0.2, 0.25) is 0 Å². The summed E-state index contributed by atoms with van der Waals surface area (Å²) in [5, 5.41) is 0. The average Bonchev–Trinajstić information content (AvgIpc) is 2.67. The van der Waals surface area contributed by atoms with Gasteiger partial charge in [-0.05, 0) is 68.7 Å². The Morgan fingerprint density at radius 2 is 1.37 bits per heavy atom. The number of rotatable bonds is 5. The number of aliphatic imine (C=N–C) groups is 2. The van der Waals surface area contributed by atoms with Gasteiger partial charge in [0.2, 0.25) is 0 Å². The fraction of sp³-hybridized carbons (Fsp3) is 0.500. The van der Waals surface area contributed by atoms with Crippen molar-refractivity contribution in [3.63, 3.8) is 0 Å². The minimum absolute atomic E-state index is 0.168. The lowest BCUT2D eigenvalue weighted by molar-refractivity contribution is 0.504. The molecule has 0 saturated heterocycles. The molecule has 0 fully saturated rings. The minimum Gasteiger partial charge on any atom is -0.286 e. The van der Waals surface area contributed by atoms with Crippen LogP contribution in [0.4, 0.5) is 0 Å². The van der Waals surface area contributed by atoms with Crippen LogP contribution in [0.15, 0.2) is 79.4 Å². The zero-order valence-electron chi connectivity index (χ0n) is 21.4. The molecule has 0 N–H and O–H groups in total. The average molecular weight is 407 g/mol. The predicted molar refractivity (Wildman–Crippen MR) is 137 cm³/mol. The van der Waals surface area contributed by atoms with Crippen LogP contribution in [0, 0.1) is 11.3 Å². The molecule has 0 aliphatic heterocycles. The molecule has 0 aromatic heterocycles. The van der Waals surface area contributed by atoms with Crippen molar-refractivity contribution in [3.8, 4) is 0 Å². The van der Waals surface area contributed by atoms with Crippen LogP contribution in [-0.2, 0) is 0 Å². The summed E-state index contributed by atoms with van der Waals surface area (Å²) < 4.78 is 0. The third-order valence-electron chi connectivity index (χ3n) is 6.01. The third kappa shape index (κ3) is 6.39. The molecular weight excluding hydrogens is 364 g/mol. The van der Waals surface area contributed by atoms with Crippen molar-refractivity contribution >= 4 is 11.4 Å². The van der Waals surface area contributed by atoms with E-state index in [1.165, 1.54) is 33.4 Å². The molecule has 0 unspecified atom stereocenters. The van der Waals surface area contributed by atoms with Crippen molar-refractivity contribution in [2.24, 2.45) is 21.3 Å². The number of hydrogen-bond donors (Lipinski definition) is 0. The SMILES string of the molecule is C/N=C1/C(/C(C)=C/C=C(\C)C(C)C)=CC(C)=C(/C(C)=C/C=C(\C)C(C)(C)C)/C1=N/C. The summed E-state index contributed by atoms with van der Waals surface area (Å²) >= 11 is 0. The fourth-order valence-corrected chi connectivity index (χ4v) is 3.15. The van der Waals surface area contributed by atoms with Crippen molar-refractivity contribution in [3.05, 3.63) is 69.4 Å². The van der Waals surface area contributed by atoms with Crippen LogP contribution in [0.5, 0.6) is 0 Å². The molecule has 0 heterocycles. The standard InChI is InChI=1S/C28H42N2/c1-18(2)19(3)13-14-20(4)24-17-22(6)25(27(30-12)26(24)29-11)21(5)15-16-23(7)28(8,9)10/h13-18H,1-12H3/b19-13+,20-14+,21-15+,23-16+,29-26-,30-27-. The highest BCUT2D eigenvalue weighted by molar-refractivity contribution is 6.56. The van der Waals surface area contributed by atoms with Gasteiger partial charge in [-0.3, -0.25) is 9.98 Å². The van der Waals surface area contributed by atoms with E-state index in [0.717, 1.165) is 17.0 Å². The van der Waals surface area contributed by atoms with Crippen molar-refractivity contribution in [1.82, 2.24) is 0 Å². The van der Waals surface area contributed by atoms with Gasteiger partial charge in [-0.15, -0.1) is 0 Å². The second kappa shape index (κ2) is 10.7. The molecule has 1 aliphatic rings. The Bertz CT molecular complexity index is 899. The second-order valence-electron chi connectivity index (χ2n) is 9.62. The number of hydrogen-bond acceptors (Lipinski definition) is 2. The van der Waals surface area contributed by atoms with Gasteiger partial charge >= 0.3 is 0 Å². The van der Waals surface area contributed by atoms with E-state index < -0.39 is 0 Å². The maximum atomic E-state index is 4.67. The van der Waals surface area contributed by atoms with Gasteiger partial charge < -0.3 is 0 Å². The van der Waals surface area contributed by atoms with Crippen LogP contribution in [0.1, 0.15) is 69.2 Å². The molecule has 0 aromatic rings. The largest absolute Gasteiger partial charge is 0.286 e. The van der Waals surface area contributed by atoms with Crippen LogP contribution >= 0.6 is 0 Å². The highest BCUT2D eigenvalue weighted by Gasteiger charge is 2.25. The molecule has 1 aliphatic carbocycles. The molecule has 2 heteroatoms. The van der Waals surface area contributed by atoms with Crippen molar-refractivity contribution in [2.45, 2.75) is 69.2 Å². The number of allylic oxidation sites excluding steroid dienone is 12. The number of nitrogens with zero attached hydrogens (tertiary/aromatic N) is 2. The van der Waals surface area contributed by atoms with Gasteiger partial charge in [0, 0.05) is 25.2 Å². The maximum Gasteiger partial charge on any atom is 0.0906 e. The van der Waals surface area contributed by atoms with E-state index in [9.17, 15) is 0 Å². The summed E-state index contributed by atoms with van der Waals surface area (Å²) in [5.74, 6) is 0.548. The van der Waals surface area contributed by atoms with E-state index in [1.807, 2.05) is 14.1 Å². The Labute approximate surface area is 185 Å². The minimum atomic E-state index is 0.168. The summed E-state index contributed by atoms with van der Waals surface area (Å²) in [6.45, 7) is 22.0. The fourth-order valence-electron chi connectivity index (χ4n) is 3.15. The molecule has 0 aromatic carbocycles. The van der Waals surface area contributed by atoms with Gasteiger partial charge in [0.25, 0.3) is 0 Å². The van der Waals surface area contributed by atoms with Gasteiger partial charge in [0.15, 0.2) is 0 Å². The summed E-state index contributed by atoms with van der Waals surface area (Å²) in [6.07, 6.45) is 11.1. The van der Waals surface area contributed by atoms with Crippen LogP contribution in [0.3, 0.4) is 0 Å². The lowest BCUT2D eigenvalue weighted by atomic mass is 9.82. The topological polar surface area (TPSA) is 24.7 Å². The lowest BCUT2D eigenvalue weighted by Gasteiger charge is -2.24. The second-order valence-corrected chi connectivity index (χ2v) is 9.62. The van der Waals surface area contributed by atoms with E-state index in [-0.39, 0.29) is 5.41 Å². The molecule has 164 valence electrons. The zero-order valence-corrected chi connectivity index (χ0v) is 21.4. The van der Waals surface area contributed by atoms with Crippen molar-refractivity contribution < 1.29 is 0 Å². The quantitative estimate of drug-likeness (QED) is 0.328. The Balaban J connectivity index is 3.56. The van der Waals surface area contributed by atoms with Gasteiger partial charge in [-0.25, -0.2) is 0 Å². The van der Waals surface area contributed by atoms with Crippen molar-refractivity contribution in [2.75, 3.05) is 14.1 Å². The first-order valence-corrected chi connectivity index (χ1v) is 10.9. The normalized spacial score (nSPS) is 20.6. The Kier molecular flexibility index (Phi) is 9.21. The lowest BCUT2D eigenvalue weighted by Crippen LogP contribution is -2.25. The molecule has 0 spiro atoms. The highest BCUT2D eigenvalue weighted by atomic mass is 14.8. The molecule has 0 atom stereocenters. The van der Waals surface area contributed by atoms with Gasteiger partial charge in [-0.1, -0.05) is 70.1 Å². The van der Waals surface area contributed by atoms with E-state index in [0.29, 0.717) is 5.92 Å². The third-order valence-corrected chi connectivity index (χ3v) is 6.01. The monoisotopic (exact) mass is 406 g/mol. The van der Waals surface area contributed by atoms with Gasteiger partial charge in [-0.2, -0.15) is 0 Å². The smallest absolute Gasteiger partial charge is 0.0906 e. The zero-order chi connectivity index (χ0) is 23.2. The van der Waals surface area contributed by atoms with E-state index in [1.54, 1.807) is 0 Å². The Morgan fingerprint density at radius 3 is 1.83 bits per heavy atom. The van der Waals surface area contributed by atoms with E-state index >= 15 is 0 Å². The molecule has 0 saturated carbocycles. The van der Waals surface area contributed by atoms with Crippen LogP contribution in [0.25, 0.3) is 0 Å². The van der Waals surface area contributed by atoms with Crippen molar-refractivity contribution in [1.29, 1.82) is 0 Å². The first kappa shape index (κ1) is 25.8. The van der Waals surface area contributed by atoms with Gasteiger partial charge in [0.1, 0.15) is 0 Å². The highest BCUT2D eigenvalue weighted by Crippen LogP contribution is 2.30. The summed E-state index contributed by atoms with van der Waals surface area (Å²) in [6, 6.07) is 0. The maximum absolute atomic E-state index is 4.67. The van der Waals surface area contributed by atoms with E-state index in [2.05, 4.69) is 110 Å². The molecule has 2 nitrogen and oxygen atoms in total. The summed E-state index contributed by atoms with van der Waals surface area (Å²) in [5.41, 5.74) is 10.8. The molecule has 0 amide bonds. The van der Waals surface area contributed by atoms with Crippen LogP contribution < -0.4 is 0 Å².